The summed E-state index contributed by atoms with van der Waals surface area (Å²) in [5.74, 6) is 2.67. The number of hydrogen-bond donors (Lipinski definition) is 2. The molecule has 0 saturated heterocycles. The maximum atomic E-state index is 5.13. The molecule has 1 aliphatic rings. The molecule has 1 fully saturated rings. The number of hydrogen-bond acceptors (Lipinski definition) is 4. The molecule has 1 saturated carbocycles. The molecule has 90 valence electrons. The second kappa shape index (κ2) is 6.02. The number of aliphatic imine (C=N–C) groups is 1. The lowest BCUT2D eigenvalue weighted by molar-refractivity contribution is 0.373. The van der Waals surface area contributed by atoms with Crippen molar-refractivity contribution in [3.05, 3.63) is 11.7 Å². The van der Waals surface area contributed by atoms with Gasteiger partial charge in [0.1, 0.15) is 0 Å². The van der Waals surface area contributed by atoms with E-state index in [2.05, 4.69) is 25.8 Å². The summed E-state index contributed by atoms with van der Waals surface area (Å²) in [6.07, 6.45) is 2.35. The highest BCUT2D eigenvalue weighted by molar-refractivity contribution is 14.0. The van der Waals surface area contributed by atoms with Crippen LogP contribution in [0.25, 0.3) is 0 Å². The summed E-state index contributed by atoms with van der Waals surface area (Å²) < 4.78 is 5.13. The van der Waals surface area contributed by atoms with Gasteiger partial charge in [0.2, 0.25) is 5.89 Å². The second-order valence-corrected chi connectivity index (χ2v) is 3.50. The van der Waals surface area contributed by atoms with E-state index in [-0.39, 0.29) is 24.0 Å². The van der Waals surface area contributed by atoms with Crippen molar-refractivity contribution < 1.29 is 4.52 Å². The summed E-state index contributed by atoms with van der Waals surface area (Å²) >= 11 is 0. The third-order valence-electron chi connectivity index (χ3n) is 2.28. The Morgan fingerprint density at radius 1 is 1.56 bits per heavy atom. The number of rotatable bonds is 3. The Morgan fingerprint density at radius 2 is 2.31 bits per heavy atom. The maximum Gasteiger partial charge on any atom is 0.229 e. The topological polar surface area (TPSA) is 75.3 Å². The van der Waals surface area contributed by atoms with E-state index in [1.807, 2.05) is 0 Å². The fourth-order valence-electron chi connectivity index (χ4n) is 1.28. The van der Waals surface area contributed by atoms with Crippen molar-refractivity contribution in [1.82, 2.24) is 20.8 Å². The van der Waals surface area contributed by atoms with E-state index in [0.717, 1.165) is 5.89 Å². The van der Waals surface area contributed by atoms with Crippen LogP contribution in [0.1, 0.15) is 30.5 Å². The predicted octanol–water partition coefficient (Wildman–Crippen LogP) is 0.860. The molecule has 1 aromatic rings. The molecule has 2 rings (SSSR count). The Hall–Kier alpha value is -0.860. The van der Waals surface area contributed by atoms with Crippen molar-refractivity contribution in [2.45, 2.75) is 25.3 Å². The molecular weight excluding hydrogens is 321 g/mol. The van der Waals surface area contributed by atoms with Crippen LogP contribution < -0.4 is 10.6 Å². The first-order valence-electron chi connectivity index (χ1n) is 5.04. The summed E-state index contributed by atoms with van der Waals surface area (Å²) in [5.41, 5.74) is 0. The van der Waals surface area contributed by atoms with Crippen molar-refractivity contribution in [3.8, 4) is 0 Å². The van der Waals surface area contributed by atoms with Gasteiger partial charge in [-0.25, -0.2) is 0 Å². The summed E-state index contributed by atoms with van der Waals surface area (Å²) in [5, 5.41) is 9.87. The van der Waals surface area contributed by atoms with Gasteiger partial charge in [0, 0.05) is 20.0 Å². The molecule has 7 heteroatoms. The van der Waals surface area contributed by atoms with Crippen molar-refractivity contribution >= 4 is 29.9 Å². The number of nitrogens with zero attached hydrogens (tertiary/aromatic N) is 3. The zero-order valence-electron chi connectivity index (χ0n) is 9.36. The molecule has 2 N–H and O–H groups in total. The normalized spacial score (nSPS) is 15.5. The second-order valence-electron chi connectivity index (χ2n) is 3.50. The Balaban J connectivity index is 0.00000128. The number of halogens is 1. The molecule has 0 atom stereocenters. The van der Waals surface area contributed by atoms with Crippen molar-refractivity contribution in [2.75, 3.05) is 14.1 Å². The predicted molar refractivity (Wildman–Crippen MR) is 70.9 cm³/mol. The van der Waals surface area contributed by atoms with Crippen LogP contribution in [0.2, 0.25) is 0 Å². The third-order valence-corrected chi connectivity index (χ3v) is 2.28. The maximum absolute atomic E-state index is 5.13. The van der Waals surface area contributed by atoms with Crippen LogP contribution in [0, 0.1) is 0 Å². The minimum absolute atomic E-state index is 0. The van der Waals surface area contributed by atoms with Crippen LogP contribution in [0.3, 0.4) is 0 Å². The van der Waals surface area contributed by atoms with Crippen LogP contribution in [0.4, 0.5) is 0 Å². The van der Waals surface area contributed by atoms with Gasteiger partial charge in [0.05, 0.1) is 6.54 Å². The zero-order valence-corrected chi connectivity index (χ0v) is 11.7. The molecule has 1 aromatic heterocycles. The standard InChI is InChI=1S/C9H15N5O.HI/c1-10-9(11-2)12-5-7-13-8(15-14-7)6-3-4-6;/h6H,3-5H2,1-2H3,(H2,10,11,12);1H. The van der Waals surface area contributed by atoms with Gasteiger partial charge in [-0.05, 0) is 12.8 Å². The van der Waals surface area contributed by atoms with Gasteiger partial charge in [-0.2, -0.15) is 4.98 Å². The minimum atomic E-state index is 0. The van der Waals surface area contributed by atoms with Gasteiger partial charge < -0.3 is 15.2 Å². The van der Waals surface area contributed by atoms with Gasteiger partial charge in [0.15, 0.2) is 11.8 Å². The highest BCUT2D eigenvalue weighted by atomic mass is 127. The summed E-state index contributed by atoms with van der Waals surface area (Å²) in [7, 11) is 3.52. The van der Waals surface area contributed by atoms with Crippen molar-refractivity contribution in [2.24, 2.45) is 4.99 Å². The summed E-state index contributed by atoms with van der Waals surface area (Å²) in [6, 6.07) is 0. The number of nitrogens with one attached hydrogen (secondary N) is 2. The molecule has 1 heterocycles. The lowest BCUT2D eigenvalue weighted by atomic mass is 10.4. The molecule has 16 heavy (non-hydrogen) atoms. The number of aromatic nitrogens is 2. The Bertz CT molecular complexity index is 361. The number of guanidine groups is 1. The van der Waals surface area contributed by atoms with Crippen LogP contribution in [0.15, 0.2) is 9.52 Å². The average Bonchev–Trinajstić information content (AvgIpc) is 3.01. The molecule has 0 aromatic carbocycles. The van der Waals surface area contributed by atoms with Crippen LogP contribution in [-0.4, -0.2) is 30.2 Å². The summed E-state index contributed by atoms with van der Waals surface area (Å²) in [6.45, 7) is 0.531. The van der Waals surface area contributed by atoms with E-state index in [9.17, 15) is 0 Å². The molecule has 0 unspecified atom stereocenters. The van der Waals surface area contributed by atoms with Crippen molar-refractivity contribution in [1.29, 1.82) is 0 Å². The first kappa shape index (κ1) is 13.2. The van der Waals surface area contributed by atoms with E-state index < -0.39 is 0 Å². The summed E-state index contributed by atoms with van der Waals surface area (Å²) in [4.78, 5) is 8.27. The Kier molecular flexibility index (Phi) is 4.97. The molecule has 0 aliphatic heterocycles. The molecule has 0 amide bonds. The highest BCUT2D eigenvalue weighted by Crippen LogP contribution is 2.38. The first-order chi connectivity index (χ1) is 7.33. The Morgan fingerprint density at radius 3 is 2.88 bits per heavy atom. The van der Waals surface area contributed by atoms with Crippen LogP contribution >= 0.6 is 24.0 Å². The molecule has 1 aliphatic carbocycles. The quantitative estimate of drug-likeness (QED) is 0.486. The van der Waals surface area contributed by atoms with Gasteiger partial charge in [-0.1, -0.05) is 5.16 Å². The first-order valence-corrected chi connectivity index (χ1v) is 5.04. The molecule has 0 bridgehead atoms. The minimum Gasteiger partial charge on any atom is -0.359 e. The van der Waals surface area contributed by atoms with E-state index in [1.165, 1.54) is 12.8 Å². The average molecular weight is 337 g/mol. The Labute approximate surface area is 111 Å². The van der Waals surface area contributed by atoms with E-state index in [4.69, 9.17) is 4.52 Å². The zero-order chi connectivity index (χ0) is 10.7. The fourth-order valence-corrected chi connectivity index (χ4v) is 1.28. The SMILES string of the molecule is CN=C(NC)NCc1noc(C2CC2)n1.I. The van der Waals surface area contributed by atoms with E-state index >= 15 is 0 Å². The molecule has 0 radical (unpaired) electrons. The highest BCUT2D eigenvalue weighted by Gasteiger charge is 2.29. The smallest absolute Gasteiger partial charge is 0.229 e. The van der Waals surface area contributed by atoms with Gasteiger partial charge in [0.25, 0.3) is 0 Å². The lowest BCUT2D eigenvalue weighted by Gasteiger charge is -2.04. The fraction of sp³-hybridized carbons (Fsp3) is 0.667. The van der Waals surface area contributed by atoms with Crippen LogP contribution in [-0.2, 0) is 6.54 Å². The lowest BCUT2D eigenvalue weighted by Crippen LogP contribution is -2.34. The third kappa shape index (κ3) is 3.32. The van der Waals surface area contributed by atoms with Crippen LogP contribution in [0.5, 0.6) is 0 Å². The molecule has 0 spiro atoms. The van der Waals surface area contributed by atoms with E-state index in [0.29, 0.717) is 24.2 Å². The van der Waals surface area contributed by atoms with Crippen molar-refractivity contribution in [3.63, 3.8) is 0 Å². The monoisotopic (exact) mass is 337 g/mol. The van der Waals surface area contributed by atoms with E-state index in [1.54, 1.807) is 14.1 Å². The largest absolute Gasteiger partial charge is 0.359 e. The molecule has 6 nitrogen and oxygen atoms in total. The van der Waals surface area contributed by atoms with Gasteiger partial charge in [-0.15, -0.1) is 24.0 Å². The van der Waals surface area contributed by atoms with Gasteiger partial charge >= 0.3 is 0 Å². The molecular formula is C9H16IN5O. The van der Waals surface area contributed by atoms with Gasteiger partial charge in [-0.3, -0.25) is 4.99 Å².